The second kappa shape index (κ2) is 8.68. The molecular weight excluding hydrogens is 372 g/mol. The van der Waals surface area contributed by atoms with Gasteiger partial charge in [0, 0.05) is 11.6 Å². The first kappa shape index (κ1) is 18.9. The molecule has 0 saturated carbocycles. The second-order valence-electron chi connectivity index (χ2n) is 7.42. The van der Waals surface area contributed by atoms with Crippen molar-refractivity contribution in [3.05, 3.63) is 58.3 Å². The highest BCUT2D eigenvalue weighted by atomic mass is 32.1. The van der Waals surface area contributed by atoms with Gasteiger partial charge in [-0.3, -0.25) is 10.1 Å². The van der Waals surface area contributed by atoms with E-state index in [-0.39, 0.29) is 5.91 Å². The molecule has 0 aliphatic carbocycles. The highest BCUT2D eigenvalue weighted by molar-refractivity contribution is 7.09. The lowest BCUT2D eigenvalue weighted by Crippen LogP contribution is -3.28. The van der Waals surface area contributed by atoms with Crippen molar-refractivity contribution in [3.8, 4) is 11.3 Å². The Morgan fingerprint density at radius 2 is 1.89 bits per heavy atom. The van der Waals surface area contributed by atoms with Crippen molar-refractivity contribution in [1.29, 1.82) is 0 Å². The van der Waals surface area contributed by atoms with Crippen LogP contribution in [0.5, 0.6) is 0 Å². The Morgan fingerprint density at radius 1 is 1.14 bits per heavy atom. The highest BCUT2D eigenvalue weighted by Gasteiger charge is 2.25. The van der Waals surface area contributed by atoms with Gasteiger partial charge in [-0.05, 0) is 18.4 Å². The quantitative estimate of drug-likeness (QED) is 0.571. The van der Waals surface area contributed by atoms with Crippen LogP contribution in [-0.4, -0.2) is 43.8 Å². The molecule has 0 bridgehead atoms. The average molecular weight is 399 g/mol. The van der Waals surface area contributed by atoms with Crippen molar-refractivity contribution in [3.63, 3.8) is 0 Å². The molecule has 0 atom stereocenters. The van der Waals surface area contributed by atoms with Gasteiger partial charge in [-0.15, -0.1) is 11.3 Å². The summed E-state index contributed by atoms with van der Waals surface area (Å²) in [6.07, 6.45) is 0. The number of benzene rings is 1. The monoisotopic (exact) mass is 398 g/mol. The van der Waals surface area contributed by atoms with E-state index in [1.54, 1.807) is 11.0 Å². The number of nitrogens with one attached hydrogen (secondary N) is 3. The summed E-state index contributed by atoms with van der Waals surface area (Å²) >= 11 is 1.82. The summed E-state index contributed by atoms with van der Waals surface area (Å²) in [5.41, 5.74) is 2.90. The summed E-state index contributed by atoms with van der Waals surface area (Å²) in [7, 11) is 0. The normalized spacial score (nSPS) is 19.5. The third-order valence-electron chi connectivity index (χ3n) is 5.20. The molecule has 3 aromatic rings. The number of aromatic nitrogens is 1. The van der Waals surface area contributed by atoms with Crippen molar-refractivity contribution >= 4 is 23.1 Å². The van der Waals surface area contributed by atoms with Crippen LogP contribution in [0.4, 0.5) is 5.88 Å². The van der Waals surface area contributed by atoms with E-state index < -0.39 is 0 Å². The molecule has 3 N–H and O–H groups in total. The zero-order valence-electron chi connectivity index (χ0n) is 16.0. The molecule has 1 aromatic carbocycles. The number of piperazine rings is 1. The molecule has 1 fully saturated rings. The summed E-state index contributed by atoms with van der Waals surface area (Å²) in [5, 5.41) is 9.04. The Balaban J connectivity index is 1.24. The van der Waals surface area contributed by atoms with Gasteiger partial charge in [0.1, 0.15) is 38.4 Å². The fourth-order valence-corrected chi connectivity index (χ4v) is 4.35. The summed E-state index contributed by atoms with van der Waals surface area (Å²) < 4.78 is 5.29. The van der Waals surface area contributed by atoms with Crippen molar-refractivity contribution in [1.82, 2.24) is 5.16 Å². The predicted molar refractivity (Wildman–Crippen MR) is 110 cm³/mol. The number of nitrogens with zero attached hydrogens (tertiary/aromatic N) is 1. The Bertz CT molecular complexity index is 897. The number of hydrogen-bond acceptors (Lipinski definition) is 4. The van der Waals surface area contributed by atoms with Gasteiger partial charge in [0.15, 0.2) is 6.54 Å². The molecule has 7 heteroatoms. The molecule has 0 spiro atoms. The minimum Gasteiger partial charge on any atom is -0.338 e. The minimum atomic E-state index is -0.0247. The molecule has 28 heavy (non-hydrogen) atoms. The van der Waals surface area contributed by atoms with Gasteiger partial charge in [-0.25, -0.2) is 0 Å². The van der Waals surface area contributed by atoms with Crippen LogP contribution >= 0.6 is 11.3 Å². The van der Waals surface area contributed by atoms with E-state index in [4.69, 9.17) is 4.52 Å². The fourth-order valence-electron chi connectivity index (χ4n) is 3.57. The number of thiophene rings is 1. The largest absolute Gasteiger partial charge is 0.338 e. The number of rotatable bonds is 6. The van der Waals surface area contributed by atoms with Crippen LogP contribution in [-0.2, 0) is 11.3 Å². The Morgan fingerprint density at radius 3 is 2.61 bits per heavy atom. The van der Waals surface area contributed by atoms with Crippen LogP contribution in [0.2, 0.25) is 0 Å². The van der Waals surface area contributed by atoms with E-state index in [2.05, 4.69) is 28.0 Å². The summed E-state index contributed by atoms with van der Waals surface area (Å²) in [6.45, 7) is 7.83. The van der Waals surface area contributed by atoms with Crippen molar-refractivity contribution in [2.75, 3.05) is 38.0 Å². The smallest absolute Gasteiger partial charge is 0.281 e. The van der Waals surface area contributed by atoms with Gasteiger partial charge in [0.2, 0.25) is 5.88 Å². The predicted octanol–water partition coefficient (Wildman–Crippen LogP) is 0.634. The third-order valence-corrected chi connectivity index (χ3v) is 6.08. The molecule has 3 heterocycles. The first-order valence-electron chi connectivity index (χ1n) is 9.69. The average Bonchev–Trinajstić information content (AvgIpc) is 3.36. The molecule has 1 aliphatic heterocycles. The summed E-state index contributed by atoms with van der Waals surface area (Å²) in [4.78, 5) is 16.7. The van der Waals surface area contributed by atoms with Crippen LogP contribution in [0.25, 0.3) is 11.3 Å². The molecule has 1 saturated heterocycles. The van der Waals surface area contributed by atoms with E-state index in [9.17, 15) is 4.79 Å². The number of quaternary nitrogens is 2. The first-order valence-corrected chi connectivity index (χ1v) is 10.6. The summed E-state index contributed by atoms with van der Waals surface area (Å²) in [6, 6.07) is 14.2. The van der Waals surface area contributed by atoms with E-state index in [1.807, 2.05) is 42.5 Å². The number of carbonyl (C=O) groups is 1. The van der Waals surface area contributed by atoms with E-state index in [0.29, 0.717) is 12.4 Å². The first-order chi connectivity index (χ1) is 13.7. The van der Waals surface area contributed by atoms with Crippen LogP contribution in [0.3, 0.4) is 0 Å². The number of anilines is 1. The molecule has 0 radical (unpaired) electrons. The van der Waals surface area contributed by atoms with Gasteiger partial charge < -0.3 is 14.3 Å². The van der Waals surface area contributed by atoms with E-state index >= 15 is 0 Å². The topological polar surface area (TPSA) is 64.0 Å². The molecule has 146 valence electrons. The van der Waals surface area contributed by atoms with Crippen LogP contribution in [0, 0.1) is 6.92 Å². The standard InChI is InChI=1S/C21H24N4O2S/c1-16-4-6-17(7-5-16)19-13-21(27-23-19)22-20(26)15-25-10-8-24(9-11-25)14-18-3-2-12-28-18/h2-7,12-13H,8-11,14-15H2,1H3,(H,22,26)/p+2. The third kappa shape index (κ3) is 4.86. The number of carbonyl (C=O) groups excluding carboxylic acids is 1. The van der Waals surface area contributed by atoms with Gasteiger partial charge in [-0.2, -0.15) is 0 Å². The lowest BCUT2D eigenvalue weighted by Gasteiger charge is -2.28. The second-order valence-corrected chi connectivity index (χ2v) is 8.46. The molecule has 2 aromatic heterocycles. The zero-order valence-corrected chi connectivity index (χ0v) is 16.8. The molecule has 0 unspecified atom stereocenters. The highest BCUT2D eigenvalue weighted by Crippen LogP contribution is 2.21. The Labute approximate surface area is 168 Å². The van der Waals surface area contributed by atoms with Crippen LogP contribution in [0.15, 0.2) is 52.4 Å². The number of amides is 1. The van der Waals surface area contributed by atoms with Gasteiger partial charge >= 0.3 is 0 Å². The minimum absolute atomic E-state index is 0.0247. The maximum atomic E-state index is 12.4. The lowest BCUT2D eigenvalue weighted by molar-refractivity contribution is -1.01. The summed E-state index contributed by atoms with van der Waals surface area (Å²) in [5.74, 6) is 0.380. The van der Waals surface area contributed by atoms with Gasteiger partial charge in [-0.1, -0.05) is 41.1 Å². The molecular formula is C21H26N4O2S+2. The van der Waals surface area contributed by atoms with Gasteiger partial charge in [0.05, 0.1) is 4.88 Å². The zero-order chi connectivity index (χ0) is 19.3. The molecule has 6 nitrogen and oxygen atoms in total. The van der Waals surface area contributed by atoms with Crippen LogP contribution < -0.4 is 15.1 Å². The number of hydrogen-bond donors (Lipinski definition) is 3. The fraction of sp³-hybridized carbons (Fsp3) is 0.333. The van der Waals surface area contributed by atoms with Crippen molar-refractivity contribution in [2.45, 2.75) is 13.5 Å². The van der Waals surface area contributed by atoms with E-state index in [0.717, 1.165) is 44.0 Å². The molecule has 4 rings (SSSR count). The van der Waals surface area contributed by atoms with Crippen molar-refractivity contribution in [2.24, 2.45) is 0 Å². The van der Waals surface area contributed by atoms with Crippen LogP contribution in [0.1, 0.15) is 10.4 Å². The van der Waals surface area contributed by atoms with Crippen molar-refractivity contribution < 1.29 is 19.1 Å². The van der Waals surface area contributed by atoms with Gasteiger partial charge in [0.25, 0.3) is 5.91 Å². The maximum Gasteiger partial charge on any atom is 0.281 e. The number of aryl methyl sites for hydroxylation is 1. The Hall–Kier alpha value is -2.48. The maximum absolute atomic E-state index is 12.4. The van der Waals surface area contributed by atoms with E-state index in [1.165, 1.54) is 15.3 Å². The SMILES string of the molecule is Cc1ccc(-c2cc(NC(=O)C[NH+]3CC[NH+](Cc4cccs4)CC3)on2)cc1. The molecule has 1 aliphatic rings. The molecule has 1 amide bonds. The lowest BCUT2D eigenvalue weighted by atomic mass is 10.1. The Kier molecular flexibility index (Phi) is 5.85.